The Morgan fingerprint density at radius 3 is 2.15 bits per heavy atom. The Kier molecular flexibility index (Phi) is 2.28. The predicted octanol–water partition coefficient (Wildman–Crippen LogP) is 1.71. The zero-order chi connectivity index (χ0) is 10.2. The summed E-state index contributed by atoms with van der Waals surface area (Å²) in [5, 5.41) is 9.54. The van der Waals surface area contributed by atoms with Crippen LogP contribution in [0.2, 0.25) is 0 Å². The first-order chi connectivity index (χ1) is 6.00. The Morgan fingerprint density at radius 2 is 1.69 bits per heavy atom. The maximum atomic E-state index is 10.7. The number of hydrogen-bond donors (Lipinski definition) is 2. The summed E-state index contributed by atoms with van der Waals surface area (Å²) in [5.41, 5.74) is 8.63. The van der Waals surface area contributed by atoms with Crippen molar-refractivity contribution in [1.29, 1.82) is 0 Å². The Labute approximate surface area is 77.2 Å². The third-order valence-corrected chi connectivity index (χ3v) is 2.55. The summed E-state index contributed by atoms with van der Waals surface area (Å²) < 4.78 is 0. The molecule has 3 N–H and O–H groups in total. The fourth-order valence-corrected chi connectivity index (χ4v) is 1.34. The van der Waals surface area contributed by atoms with Gasteiger partial charge in [-0.3, -0.25) is 4.79 Å². The van der Waals surface area contributed by atoms with Crippen LogP contribution in [0.5, 0.6) is 5.75 Å². The van der Waals surface area contributed by atoms with Gasteiger partial charge in [-0.2, -0.15) is 0 Å². The van der Waals surface area contributed by atoms with Gasteiger partial charge < -0.3 is 10.8 Å². The number of nitrogens with two attached hydrogens (primary N) is 1. The largest absolute Gasteiger partial charge is 0.505 e. The summed E-state index contributed by atoms with van der Waals surface area (Å²) in [6.45, 7) is 5.46. The number of phenols is 1. The second-order valence-corrected chi connectivity index (χ2v) is 3.17. The van der Waals surface area contributed by atoms with Gasteiger partial charge in [0.05, 0.1) is 5.69 Å². The van der Waals surface area contributed by atoms with Gasteiger partial charge in [-0.25, -0.2) is 0 Å². The average molecular weight is 179 g/mol. The standard InChI is InChI=1S/C10H13NO2/c1-5-6(2)8(4-12)9(11)10(13)7(5)3/h4,13H,11H2,1-3H3. The first-order valence-corrected chi connectivity index (χ1v) is 4.04. The zero-order valence-electron chi connectivity index (χ0n) is 8.01. The Bertz CT molecular complexity index is 341. The monoisotopic (exact) mass is 179 g/mol. The quantitative estimate of drug-likeness (QED) is 0.392. The fraction of sp³-hybridized carbons (Fsp3) is 0.300. The smallest absolute Gasteiger partial charge is 0.152 e. The SMILES string of the molecule is Cc1c(C)c(O)c(N)c(C=O)c1C. The van der Waals surface area contributed by atoms with Crippen LogP contribution in [0.4, 0.5) is 5.69 Å². The summed E-state index contributed by atoms with van der Waals surface area (Å²) in [4.78, 5) is 10.7. The molecule has 1 aromatic carbocycles. The lowest BCUT2D eigenvalue weighted by atomic mass is 9.96. The van der Waals surface area contributed by atoms with E-state index in [0.717, 1.165) is 16.7 Å². The maximum absolute atomic E-state index is 10.7. The summed E-state index contributed by atoms with van der Waals surface area (Å²) in [7, 11) is 0. The second kappa shape index (κ2) is 3.09. The van der Waals surface area contributed by atoms with E-state index in [9.17, 15) is 9.90 Å². The van der Waals surface area contributed by atoms with E-state index in [1.54, 1.807) is 6.92 Å². The van der Waals surface area contributed by atoms with Crippen molar-refractivity contribution in [1.82, 2.24) is 0 Å². The van der Waals surface area contributed by atoms with Gasteiger partial charge >= 0.3 is 0 Å². The number of aromatic hydroxyl groups is 1. The summed E-state index contributed by atoms with van der Waals surface area (Å²) >= 11 is 0. The van der Waals surface area contributed by atoms with Crippen LogP contribution in [-0.4, -0.2) is 11.4 Å². The van der Waals surface area contributed by atoms with Gasteiger partial charge in [-0.1, -0.05) is 0 Å². The molecule has 1 aromatic rings. The topological polar surface area (TPSA) is 63.3 Å². The molecule has 0 saturated carbocycles. The van der Waals surface area contributed by atoms with Crippen LogP contribution in [0.3, 0.4) is 0 Å². The highest BCUT2D eigenvalue weighted by atomic mass is 16.3. The number of hydrogen-bond acceptors (Lipinski definition) is 3. The molecular weight excluding hydrogens is 166 g/mol. The number of aldehydes is 1. The van der Waals surface area contributed by atoms with Gasteiger partial charge in [0.25, 0.3) is 0 Å². The van der Waals surface area contributed by atoms with Crippen molar-refractivity contribution in [2.75, 3.05) is 5.73 Å². The molecule has 0 bridgehead atoms. The van der Waals surface area contributed by atoms with Crippen molar-refractivity contribution >= 4 is 12.0 Å². The lowest BCUT2D eigenvalue weighted by Crippen LogP contribution is -2.01. The molecule has 0 saturated heterocycles. The van der Waals surface area contributed by atoms with Crippen LogP contribution in [0, 0.1) is 20.8 Å². The van der Waals surface area contributed by atoms with E-state index in [2.05, 4.69) is 0 Å². The molecule has 1 rings (SSSR count). The molecule has 0 radical (unpaired) electrons. The van der Waals surface area contributed by atoms with Gasteiger partial charge in [-0.05, 0) is 37.5 Å². The molecule has 13 heavy (non-hydrogen) atoms. The first kappa shape index (κ1) is 9.58. The van der Waals surface area contributed by atoms with Crippen LogP contribution < -0.4 is 5.73 Å². The van der Waals surface area contributed by atoms with E-state index in [4.69, 9.17) is 5.73 Å². The van der Waals surface area contributed by atoms with Crippen molar-refractivity contribution in [2.24, 2.45) is 0 Å². The molecule has 0 aliphatic heterocycles. The highest BCUT2D eigenvalue weighted by Crippen LogP contribution is 2.32. The lowest BCUT2D eigenvalue weighted by Gasteiger charge is -2.12. The van der Waals surface area contributed by atoms with Crippen LogP contribution in [-0.2, 0) is 0 Å². The van der Waals surface area contributed by atoms with Crippen molar-refractivity contribution in [3.63, 3.8) is 0 Å². The molecule has 0 amide bonds. The van der Waals surface area contributed by atoms with E-state index >= 15 is 0 Å². The zero-order valence-corrected chi connectivity index (χ0v) is 8.01. The number of rotatable bonds is 1. The van der Waals surface area contributed by atoms with Crippen molar-refractivity contribution in [3.8, 4) is 5.75 Å². The van der Waals surface area contributed by atoms with E-state index in [-0.39, 0.29) is 11.4 Å². The molecule has 0 fully saturated rings. The van der Waals surface area contributed by atoms with Crippen molar-refractivity contribution < 1.29 is 9.90 Å². The van der Waals surface area contributed by atoms with E-state index < -0.39 is 0 Å². The van der Waals surface area contributed by atoms with Crippen LogP contribution in [0.15, 0.2) is 0 Å². The van der Waals surface area contributed by atoms with Gasteiger partial charge in [-0.15, -0.1) is 0 Å². The third-order valence-electron chi connectivity index (χ3n) is 2.55. The third kappa shape index (κ3) is 1.26. The molecule has 0 aliphatic rings. The van der Waals surface area contributed by atoms with Gasteiger partial charge in [0.1, 0.15) is 5.75 Å². The molecule has 0 atom stereocenters. The number of carbonyl (C=O) groups is 1. The molecule has 3 heteroatoms. The average Bonchev–Trinajstić information content (AvgIpc) is 2.13. The molecule has 0 spiro atoms. The fourth-order valence-electron chi connectivity index (χ4n) is 1.34. The predicted molar refractivity (Wildman–Crippen MR) is 52.1 cm³/mol. The summed E-state index contributed by atoms with van der Waals surface area (Å²) in [5.74, 6) is 0.0187. The molecule has 0 heterocycles. The number of phenolic OH excluding ortho intramolecular Hbond substituents is 1. The van der Waals surface area contributed by atoms with Crippen molar-refractivity contribution in [2.45, 2.75) is 20.8 Å². The molecule has 0 aliphatic carbocycles. The van der Waals surface area contributed by atoms with Gasteiger partial charge in [0.15, 0.2) is 6.29 Å². The van der Waals surface area contributed by atoms with Crippen LogP contribution in [0.25, 0.3) is 0 Å². The molecule has 0 aromatic heterocycles. The summed E-state index contributed by atoms with van der Waals surface area (Å²) in [6.07, 6.45) is 0.677. The van der Waals surface area contributed by atoms with E-state index in [1.807, 2.05) is 13.8 Å². The minimum Gasteiger partial charge on any atom is -0.505 e. The Morgan fingerprint density at radius 1 is 1.15 bits per heavy atom. The van der Waals surface area contributed by atoms with E-state index in [1.165, 1.54) is 0 Å². The number of carbonyl (C=O) groups excluding carboxylic acids is 1. The Hall–Kier alpha value is -1.51. The molecular formula is C10H13NO2. The number of nitrogen functional groups attached to an aromatic ring is 1. The molecule has 3 nitrogen and oxygen atoms in total. The maximum Gasteiger partial charge on any atom is 0.152 e. The van der Waals surface area contributed by atoms with Crippen LogP contribution >= 0.6 is 0 Å². The molecule has 0 unspecified atom stereocenters. The van der Waals surface area contributed by atoms with Crippen molar-refractivity contribution in [3.05, 3.63) is 22.3 Å². The normalized spacial score (nSPS) is 10.1. The number of anilines is 1. The Balaban J connectivity index is 3.66. The summed E-state index contributed by atoms with van der Waals surface area (Å²) in [6, 6.07) is 0. The lowest BCUT2D eigenvalue weighted by molar-refractivity contribution is 0.112. The minimum atomic E-state index is 0.0187. The van der Waals surface area contributed by atoms with E-state index in [0.29, 0.717) is 11.8 Å². The highest BCUT2D eigenvalue weighted by molar-refractivity contribution is 5.89. The van der Waals surface area contributed by atoms with Gasteiger partial charge in [0.2, 0.25) is 0 Å². The second-order valence-electron chi connectivity index (χ2n) is 3.17. The molecule has 70 valence electrons. The van der Waals surface area contributed by atoms with Crippen LogP contribution in [0.1, 0.15) is 27.0 Å². The first-order valence-electron chi connectivity index (χ1n) is 4.04. The number of benzene rings is 1. The van der Waals surface area contributed by atoms with Gasteiger partial charge in [0, 0.05) is 5.56 Å². The minimum absolute atomic E-state index is 0.0187. The highest BCUT2D eigenvalue weighted by Gasteiger charge is 2.13.